The van der Waals surface area contributed by atoms with Crippen LogP contribution in [0, 0.1) is 5.92 Å². The van der Waals surface area contributed by atoms with Gasteiger partial charge < -0.3 is 10.8 Å². The third-order valence-corrected chi connectivity index (χ3v) is 1.35. The van der Waals surface area contributed by atoms with Gasteiger partial charge in [-0.2, -0.15) is 0 Å². The van der Waals surface area contributed by atoms with E-state index in [-0.39, 0.29) is 0 Å². The summed E-state index contributed by atoms with van der Waals surface area (Å²) in [5, 5.41) is 8.50. The van der Waals surface area contributed by atoms with Gasteiger partial charge in [0.25, 0.3) is 0 Å². The van der Waals surface area contributed by atoms with E-state index < -0.39 is 12.0 Å². The largest absolute Gasteiger partial charge is 0.480 e. The highest BCUT2D eigenvalue weighted by Gasteiger charge is 2.12. The van der Waals surface area contributed by atoms with Gasteiger partial charge in [0.15, 0.2) is 0 Å². The van der Waals surface area contributed by atoms with E-state index in [9.17, 15) is 4.79 Å². The van der Waals surface area contributed by atoms with Crippen molar-refractivity contribution >= 4 is 5.97 Å². The average molecular weight is 157 g/mol. The number of hydrogen-bond acceptors (Lipinski definition) is 2. The van der Waals surface area contributed by atoms with Crippen molar-refractivity contribution in [3.63, 3.8) is 0 Å². The van der Waals surface area contributed by atoms with Crippen molar-refractivity contribution in [2.24, 2.45) is 11.7 Å². The van der Waals surface area contributed by atoms with Crippen LogP contribution in [0.4, 0.5) is 0 Å². The lowest BCUT2D eigenvalue weighted by Gasteiger charge is -2.07. The van der Waals surface area contributed by atoms with Gasteiger partial charge in [-0.05, 0) is 18.4 Å². The Balaban J connectivity index is 4.23. The van der Waals surface area contributed by atoms with Crippen LogP contribution in [0.3, 0.4) is 0 Å². The average Bonchev–Trinajstić information content (AvgIpc) is 1.84. The van der Waals surface area contributed by atoms with Crippen molar-refractivity contribution in [3.05, 3.63) is 11.6 Å². The molecule has 0 spiro atoms. The topological polar surface area (TPSA) is 63.3 Å². The molecule has 0 aliphatic rings. The predicted molar refractivity (Wildman–Crippen MR) is 44.2 cm³/mol. The third kappa shape index (κ3) is 3.78. The van der Waals surface area contributed by atoms with Crippen molar-refractivity contribution in [2.45, 2.75) is 26.8 Å². The van der Waals surface area contributed by atoms with E-state index in [0.29, 0.717) is 11.5 Å². The number of carboxylic acids is 1. The summed E-state index contributed by atoms with van der Waals surface area (Å²) in [6.07, 6.45) is 1.86. The van der Waals surface area contributed by atoms with Gasteiger partial charge in [0.2, 0.25) is 0 Å². The molecule has 0 aromatic heterocycles. The first-order valence-corrected chi connectivity index (χ1v) is 3.62. The summed E-state index contributed by atoms with van der Waals surface area (Å²) in [6, 6.07) is -0.850. The number of nitrogens with two attached hydrogens (primary N) is 1. The molecular formula is C8H15NO2. The zero-order valence-electron chi connectivity index (χ0n) is 7.16. The maximum Gasteiger partial charge on any atom is 0.324 e. The Morgan fingerprint density at radius 3 is 2.27 bits per heavy atom. The molecule has 3 N–H and O–H groups in total. The molecule has 0 radical (unpaired) electrons. The summed E-state index contributed by atoms with van der Waals surface area (Å²) in [5.41, 5.74) is 6.06. The van der Waals surface area contributed by atoms with Gasteiger partial charge in [-0.3, -0.25) is 4.79 Å². The highest BCUT2D eigenvalue weighted by molar-refractivity contribution is 5.76. The van der Waals surface area contributed by atoms with Crippen LogP contribution in [0.5, 0.6) is 0 Å². The summed E-state index contributed by atoms with van der Waals surface area (Å²) < 4.78 is 0. The van der Waals surface area contributed by atoms with Crippen LogP contribution in [0.15, 0.2) is 11.6 Å². The molecule has 11 heavy (non-hydrogen) atoms. The SMILES string of the molecule is C/C(=C/C(C)C)C(N)C(=O)O. The van der Waals surface area contributed by atoms with E-state index in [1.54, 1.807) is 6.92 Å². The molecule has 1 unspecified atom stereocenters. The monoisotopic (exact) mass is 157 g/mol. The summed E-state index contributed by atoms with van der Waals surface area (Å²) >= 11 is 0. The molecule has 3 heteroatoms. The fourth-order valence-electron chi connectivity index (χ4n) is 0.824. The normalized spacial score (nSPS) is 15.2. The van der Waals surface area contributed by atoms with Gasteiger partial charge >= 0.3 is 5.97 Å². The first-order chi connectivity index (χ1) is 4.95. The maximum atomic E-state index is 10.4. The lowest BCUT2D eigenvalue weighted by Crippen LogP contribution is -2.31. The Labute approximate surface area is 66.9 Å². The molecule has 0 aromatic rings. The molecule has 0 fully saturated rings. The maximum absolute atomic E-state index is 10.4. The zero-order chi connectivity index (χ0) is 9.02. The molecule has 1 atom stereocenters. The van der Waals surface area contributed by atoms with Crippen LogP contribution in [0.2, 0.25) is 0 Å². The number of allylic oxidation sites excluding steroid dienone is 1. The van der Waals surface area contributed by atoms with Crippen LogP contribution in [-0.2, 0) is 4.79 Å². The fourth-order valence-corrected chi connectivity index (χ4v) is 0.824. The van der Waals surface area contributed by atoms with Gasteiger partial charge in [0.05, 0.1) is 0 Å². The first-order valence-electron chi connectivity index (χ1n) is 3.62. The van der Waals surface area contributed by atoms with Crippen LogP contribution in [0.1, 0.15) is 20.8 Å². The minimum atomic E-state index is -0.973. The summed E-state index contributed by atoms with van der Waals surface area (Å²) in [6.45, 7) is 5.70. The van der Waals surface area contributed by atoms with Gasteiger partial charge in [0.1, 0.15) is 6.04 Å². The Bertz CT molecular complexity index is 173. The van der Waals surface area contributed by atoms with Crippen LogP contribution < -0.4 is 5.73 Å². The molecule has 0 aromatic carbocycles. The van der Waals surface area contributed by atoms with Crippen molar-refractivity contribution in [1.82, 2.24) is 0 Å². The number of carboxylic acid groups (broad SMARTS) is 1. The Hall–Kier alpha value is -0.830. The van der Waals surface area contributed by atoms with E-state index in [2.05, 4.69) is 0 Å². The van der Waals surface area contributed by atoms with Crippen molar-refractivity contribution in [1.29, 1.82) is 0 Å². The van der Waals surface area contributed by atoms with Crippen molar-refractivity contribution in [2.75, 3.05) is 0 Å². The minimum Gasteiger partial charge on any atom is -0.480 e. The molecule has 0 heterocycles. The van der Waals surface area contributed by atoms with Crippen molar-refractivity contribution < 1.29 is 9.90 Å². The molecule has 3 nitrogen and oxygen atoms in total. The van der Waals surface area contributed by atoms with Gasteiger partial charge in [-0.15, -0.1) is 0 Å². The molecule has 0 amide bonds. The van der Waals surface area contributed by atoms with Crippen LogP contribution in [-0.4, -0.2) is 17.1 Å². The molecule has 0 saturated heterocycles. The molecule has 0 aliphatic heterocycles. The van der Waals surface area contributed by atoms with Gasteiger partial charge in [-0.25, -0.2) is 0 Å². The van der Waals surface area contributed by atoms with E-state index in [0.717, 1.165) is 0 Å². The Kier molecular flexibility index (Phi) is 3.82. The smallest absolute Gasteiger partial charge is 0.324 e. The van der Waals surface area contributed by atoms with Gasteiger partial charge in [0, 0.05) is 0 Å². The molecule has 0 rings (SSSR count). The second-order valence-electron chi connectivity index (χ2n) is 2.97. The van der Waals surface area contributed by atoms with E-state index in [1.165, 1.54) is 0 Å². The quantitative estimate of drug-likeness (QED) is 0.601. The second kappa shape index (κ2) is 4.13. The van der Waals surface area contributed by atoms with Gasteiger partial charge in [-0.1, -0.05) is 19.9 Å². The molecular weight excluding hydrogens is 142 g/mol. The molecule has 0 saturated carbocycles. The molecule has 0 aliphatic carbocycles. The Morgan fingerprint density at radius 2 is 2.00 bits per heavy atom. The van der Waals surface area contributed by atoms with Crippen LogP contribution >= 0.6 is 0 Å². The predicted octanol–water partition coefficient (Wildman–Crippen LogP) is 1.00. The van der Waals surface area contributed by atoms with E-state index in [1.807, 2.05) is 19.9 Å². The summed E-state index contributed by atoms with van der Waals surface area (Å²) in [7, 11) is 0. The van der Waals surface area contributed by atoms with Crippen LogP contribution in [0.25, 0.3) is 0 Å². The Morgan fingerprint density at radius 1 is 1.55 bits per heavy atom. The summed E-state index contributed by atoms with van der Waals surface area (Å²) in [5.74, 6) is -0.625. The fraction of sp³-hybridized carbons (Fsp3) is 0.625. The number of aliphatic carboxylic acids is 1. The lowest BCUT2D eigenvalue weighted by molar-refractivity contribution is -0.137. The third-order valence-electron chi connectivity index (χ3n) is 1.35. The standard InChI is InChI=1S/C8H15NO2/c1-5(2)4-6(3)7(9)8(10)11/h4-5,7H,9H2,1-3H3,(H,10,11)/b6-4-. The highest BCUT2D eigenvalue weighted by Crippen LogP contribution is 2.04. The lowest BCUT2D eigenvalue weighted by atomic mass is 10.1. The highest BCUT2D eigenvalue weighted by atomic mass is 16.4. The summed E-state index contributed by atoms with van der Waals surface area (Å²) in [4.78, 5) is 10.4. The number of hydrogen-bond donors (Lipinski definition) is 2. The molecule has 64 valence electrons. The van der Waals surface area contributed by atoms with Crippen molar-refractivity contribution in [3.8, 4) is 0 Å². The second-order valence-corrected chi connectivity index (χ2v) is 2.97. The minimum absolute atomic E-state index is 0.348. The van der Waals surface area contributed by atoms with E-state index in [4.69, 9.17) is 10.8 Å². The zero-order valence-corrected chi connectivity index (χ0v) is 7.16. The van der Waals surface area contributed by atoms with E-state index >= 15 is 0 Å². The first kappa shape index (κ1) is 10.2. The number of carbonyl (C=O) groups is 1. The molecule has 0 bridgehead atoms. The number of rotatable bonds is 3.